The summed E-state index contributed by atoms with van der Waals surface area (Å²) in [7, 11) is -3.05. The van der Waals surface area contributed by atoms with E-state index >= 15 is 0 Å². The van der Waals surface area contributed by atoms with Crippen LogP contribution in [0.1, 0.15) is 6.42 Å². The first kappa shape index (κ1) is 21.2. The molecule has 0 saturated carbocycles. The van der Waals surface area contributed by atoms with E-state index in [1.807, 2.05) is 12.1 Å². The summed E-state index contributed by atoms with van der Waals surface area (Å²) in [5.74, 6) is 3.54. The van der Waals surface area contributed by atoms with Gasteiger partial charge >= 0.3 is 0 Å². The molecule has 1 amide bonds. The van der Waals surface area contributed by atoms with Crippen LogP contribution in [0.15, 0.2) is 48.5 Å². The quantitative estimate of drug-likeness (QED) is 0.680. The minimum absolute atomic E-state index is 0.0300. The van der Waals surface area contributed by atoms with Crippen LogP contribution in [0.5, 0.6) is 11.5 Å². The normalized spacial score (nSPS) is 17.6. The highest BCUT2D eigenvalue weighted by atomic mass is 35.5. The van der Waals surface area contributed by atoms with E-state index < -0.39 is 9.84 Å². The van der Waals surface area contributed by atoms with Crippen LogP contribution in [0.3, 0.4) is 0 Å². The second-order valence-corrected chi connectivity index (χ2v) is 9.41. The number of ether oxygens (including phenoxy) is 1. The Hall–Kier alpha value is -2.53. The lowest BCUT2D eigenvalue weighted by Crippen LogP contribution is -2.41. The Bertz CT molecular complexity index is 1020. The van der Waals surface area contributed by atoms with E-state index in [-0.39, 0.29) is 36.5 Å². The van der Waals surface area contributed by atoms with Gasteiger partial charge in [-0.3, -0.25) is 9.69 Å². The summed E-state index contributed by atoms with van der Waals surface area (Å²) >= 11 is 6.08. The fourth-order valence-electron chi connectivity index (χ4n) is 3.14. The third-order valence-corrected chi connectivity index (χ3v) is 6.63. The third kappa shape index (κ3) is 5.97. The van der Waals surface area contributed by atoms with Crippen LogP contribution in [0.25, 0.3) is 0 Å². The number of terminal acetylenes is 1. The number of anilines is 1. The first-order valence-electron chi connectivity index (χ1n) is 9.06. The molecule has 0 spiro atoms. The molecule has 0 radical (unpaired) electrons. The number of nitrogens with one attached hydrogen (secondary N) is 1. The SMILES string of the molecule is C#CCN(CC(=O)Nc1ccc(Oc2ccccc2Cl)cc1)C1CCS(=O)(=O)C1. The van der Waals surface area contributed by atoms with E-state index in [1.165, 1.54) is 0 Å². The van der Waals surface area contributed by atoms with Gasteiger partial charge in [-0.15, -0.1) is 6.42 Å². The number of rotatable bonds is 7. The largest absolute Gasteiger partial charge is 0.456 e. The number of carbonyl (C=O) groups is 1. The van der Waals surface area contributed by atoms with Crippen LogP contribution in [-0.4, -0.2) is 49.9 Å². The number of amides is 1. The van der Waals surface area contributed by atoms with Gasteiger partial charge in [-0.05, 0) is 42.8 Å². The van der Waals surface area contributed by atoms with Crippen molar-refractivity contribution in [2.75, 3.05) is 29.9 Å². The molecule has 1 unspecified atom stereocenters. The third-order valence-electron chi connectivity index (χ3n) is 4.57. The number of hydrogen-bond donors (Lipinski definition) is 1. The number of hydrogen-bond acceptors (Lipinski definition) is 5. The zero-order valence-corrected chi connectivity index (χ0v) is 17.2. The average Bonchev–Trinajstić information content (AvgIpc) is 3.04. The Balaban J connectivity index is 1.58. The van der Waals surface area contributed by atoms with Gasteiger partial charge in [0, 0.05) is 11.7 Å². The summed E-state index contributed by atoms with van der Waals surface area (Å²) < 4.78 is 29.1. The molecule has 0 bridgehead atoms. The number of halogens is 1. The molecule has 2 aromatic rings. The number of benzene rings is 2. The molecule has 6 nitrogen and oxygen atoms in total. The van der Waals surface area contributed by atoms with Crippen LogP contribution >= 0.6 is 11.6 Å². The van der Waals surface area contributed by atoms with Crippen LogP contribution in [0.4, 0.5) is 5.69 Å². The van der Waals surface area contributed by atoms with Gasteiger partial charge in [0.25, 0.3) is 0 Å². The second-order valence-electron chi connectivity index (χ2n) is 6.77. The standard InChI is InChI=1S/C21H21ClN2O4S/c1-2-12-24(17-11-13-29(26,27)15-17)14-21(25)23-16-7-9-18(10-8-16)28-20-6-4-3-5-19(20)22/h1,3-10,17H,11-15H2,(H,23,25). The molecule has 1 fully saturated rings. The minimum atomic E-state index is -3.05. The summed E-state index contributed by atoms with van der Waals surface area (Å²) in [6.07, 6.45) is 5.88. The molecule has 0 aromatic heterocycles. The predicted octanol–water partition coefficient (Wildman–Crippen LogP) is 3.19. The molecular formula is C21H21ClN2O4S. The Kier molecular flexibility index (Phi) is 6.80. The van der Waals surface area contributed by atoms with Crippen LogP contribution in [0.2, 0.25) is 5.02 Å². The molecule has 1 aliphatic heterocycles. The number of carbonyl (C=O) groups excluding carboxylic acids is 1. The smallest absolute Gasteiger partial charge is 0.238 e. The Morgan fingerprint density at radius 1 is 1.24 bits per heavy atom. The second kappa shape index (κ2) is 9.31. The molecule has 0 aliphatic carbocycles. The van der Waals surface area contributed by atoms with Gasteiger partial charge in [0.1, 0.15) is 11.5 Å². The van der Waals surface area contributed by atoms with Gasteiger partial charge in [-0.2, -0.15) is 0 Å². The van der Waals surface area contributed by atoms with Gasteiger partial charge in [0.05, 0.1) is 29.6 Å². The summed E-state index contributed by atoms with van der Waals surface area (Å²) in [6, 6.07) is 13.8. The lowest BCUT2D eigenvalue weighted by atomic mass is 10.2. The van der Waals surface area contributed by atoms with Crippen molar-refractivity contribution in [1.29, 1.82) is 0 Å². The maximum absolute atomic E-state index is 12.4. The van der Waals surface area contributed by atoms with Crippen molar-refractivity contribution < 1.29 is 17.9 Å². The molecule has 1 aliphatic rings. The van der Waals surface area contributed by atoms with Crippen LogP contribution in [-0.2, 0) is 14.6 Å². The highest BCUT2D eigenvalue weighted by Crippen LogP contribution is 2.29. The molecule has 1 saturated heterocycles. The molecule has 2 aromatic carbocycles. The van der Waals surface area contributed by atoms with Crippen molar-refractivity contribution in [3.05, 3.63) is 53.6 Å². The van der Waals surface area contributed by atoms with E-state index in [0.29, 0.717) is 28.6 Å². The highest BCUT2D eigenvalue weighted by molar-refractivity contribution is 7.91. The lowest BCUT2D eigenvalue weighted by molar-refractivity contribution is -0.117. The average molecular weight is 433 g/mol. The minimum Gasteiger partial charge on any atom is -0.456 e. The summed E-state index contributed by atoms with van der Waals surface area (Å²) in [5, 5.41) is 3.30. The van der Waals surface area contributed by atoms with E-state index in [1.54, 1.807) is 41.3 Å². The van der Waals surface area contributed by atoms with Gasteiger partial charge in [0.2, 0.25) is 5.91 Å². The van der Waals surface area contributed by atoms with E-state index in [2.05, 4.69) is 11.2 Å². The molecular weight excluding hydrogens is 412 g/mol. The molecule has 29 heavy (non-hydrogen) atoms. The molecule has 1 heterocycles. The van der Waals surface area contributed by atoms with Crippen LogP contribution < -0.4 is 10.1 Å². The van der Waals surface area contributed by atoms with Crippen molar-refractivity contribution in [3.63, 3.8) is 0 Å². The maximum atomic E-state index is 12.4. The van der Waals surface area contributed by atoms with Gasteiger partial charge in [-0.25, -0.2) is 8.42 Å². The van der Waals surface area contributed by atoms with E-state index in [0.717, 1.165) is 0 Å². The zero-order chi connectivity index (χ0) is 20.9. The van der Waals surface area contributed by atoms with Gasteiger partial charge in [0.15, 0.2) is 9.84 Å². The Labute approximate surface area is 175 Å². The number of nitrogens with zero attached hydrogens (tertiary/aromatic N) is 1. The topological polar surface area (TPSA) is 75.7 Å². The van der Waals surface area contributed by atoms with Crippen molar-refractivity contribution >= 4 is 33.0 Å². The molecule has 152 valence electrons. The van der Waals surface area contributed by atoms with Crippen molar-refractivity contribution in [2.45, 2.75) is 12.5 Å². The molecule has 3 rings (SSSR count). The van der Waals surface area contributed by atoms with E-state index in [4.69, 9.17) is 22.8 Å². The zero-order valence-electron chi connectivity index (χ0n) is 15.7. The fraction of sp³-hybridized carbons (Fsp3) is 0.286. The molecule has 1 atom stereocenters. The first-order valence-corrected chi connectivity index (χ1v) is 11.3. The molecule has 1 N–H and O–H groups in total. The van der Waals surface area contributed by atoms with Crippen molar-refractivity contribution in [2.24, 2.45) is 0 Å². The maximum Gasteiger partial charge on any atom is 0.238 e. The fourth-order valence-corrected chi connectivity index (χ4v) is 5.08. The summed E-state index contributed by atoms with van der Waals surface area (Å²) in [6.45, 7) is 0.250. The van der Waals surface area contributed by atoms with E-state index in [9.17, 15) is 13.2 Å². The predicted molar refractivity (Wildman–Crippen MR) is 114 cm³/mol. The summed E-state index contributed by atoms with van der Waals surface area (Å²) in [5.41, 5.74) is 0.598. The highest BCUT2D eigenvalue weighted by Gasteiger charge is 2.32. The molecule has 8 heteroatoms. The summed E-state index contributed by atoms with van der Waals surface area (Å²) in [4.78, 5) is 14.1. The first-order chi connectivity index (χ1) is 13.9. The van der Waals surface area contributed by atoms with Crippen molar-refractivity contribution in [1.82, 2.24) is 4.90 Å². The number of sulfone groups is 1. The monoisotopic (exact) mass is 432 g/mol. The van der Waals surface area contributed by atoms with Gasteiger partial charge in [-0.1, -0.05) is 29.7 Å². The van der Waals surface area contributed by atoms with Crippen molar-refractivity contribution in [3.8, 4) is 23.8 Å². The van der Waals surface area contributed by atoms with Crippen LogP contribution in [0, 0.1) is 12.3 Å². The number of para-hydroxylation sites is 1. The lowest BCUT2D eigenvalue weighted by Gasteiger charge is -2.25. The Morgan fingerprint density at radius 3 is 2.59 bits per heavy atom. The Morgan fingerprint density at radius 2 is 1.97 bits per heavy atom. The van der Waals surface area contributed by atoms with Gasteiger partial charge < -0.3 is 10.1 Å².